The van der Waals surface area contributed by atoms with Gasteiger partial charge in [0, 0.05) is 0 Å². The number of carboxylic acid groups (broad SMARTS) is 4. The van der Waals surface area contributed by atoms with Gasteiger partial charge in [-0.2, -0.15) is 0 Å². The Morgan fingerprint density at radius 2 is 1.11 bits per heavy atom. The van der Waals surface area contributed by atoms with Crippen molar-refractivity contribution in [1.29, 1.82) is 0 Å². The van der Waals surface area contributed by atoms with Crippen LogP contribution in [0.3, 0.4) is 0 Å². The summed E-state index contributed by atoms with van der Waals surface area (Å²) >= 11 is 0. The molecule has 1 aromatic rings. The molecular formula is C9H6NNaO8. The molecule has 0 aliphatic heterocycles. The Bertz CT molecular complexity index is 489. The van der Waals surface area contributed by atoms with Crippen LogP contribution in [0.25, 0.3) is 0 Å². The molecule has 0 aliphatic carbocycles. The van der Waals surface area contributed by atoms with E-state index in [1.54, 1.807) is 0 Å². The number of hydrogen-bond acceptors (Lipinski definition) is 5. The van der Waals surface area contributed by atoms with E-state index in [1.807, 2.05) is 0 Å². The molecule has 4 N–H and O–H groups in total. The van der Waals surface area contributed by atoms with Crippen LogP contribution in [-0.2, 0) is 0 Å². The molecule has 0 saturated heterocycles. The zero-order chi connectivity index (χ0) is 14.0. The van der Waals surface area contributed by atoms with E-state index in [0.29, 0.717) is 6.07 Å². The van der Waals surface area contributed by atoms with E-state index >= 15 is 0 Å². The average molecular weight is 279 g/mol. The summed E-state index contributed by atoms with van der Waals surface area (Å²) in [5.74, 6) is -6.99. The fourth-order valence-corrected chi connectivity index (χ4v) is 1.17. The monoisotopic (exact) mass is 279 g/mol. The zero-order valence-electron chi connectivity index (χ0n) is 10.4. The number of hydrogen-bond donors (Lipinski definition) is 4. The van der Waals surface area contributed by atoms with Gasteiger partial charge in [0.1, 0.15) is 0 Å². The fourth-order valence-electron chi connectivity index (χ4n) is 1.17. The fraction of sp³-hybridized carbons (Fsp3) is 0. The van der Waals surface area contributed by atoms with E-state index in [-0.39, 0.29) is 31.0 Å². The number of carbonyl (C=O) groups is 4. The molecule has 9 nitrogen and oxygen atoms in total. The van der Waals surface area contributed by atoms with Gasteiger partial charge < -0.3 is 21.9 Å². The van der Waals surface area contributed by atoms with Crippen molar-refractivity contribution in [2.75, 3.05) is 0 Å². The summed E-state index contributed by atoms with van der Waals surface area (Å²) in [7, 11) is 0. The van der Waals surface area contributed by atoms with Gasteiger partial charge in [0.2, 0.25) is 0 Å². The van der Waals surface area contributed by atoms with Crippen molar-refractivity contribution in [3.05, 3.63) is 28.6 Å². The average Bonchev–Trinajstić information content (AvgIpc) is 2.26. The first-order chi connectivity index (χ1) is 8.25. The third-order valence-corrected chi connectivity index (χ3v) is 1.89. The zero-order valence-corrected chi connectivity index (χ0v) is 11.4. The molecule has 10 heteroatoms. The smallest absolute Gasteiger partial charge is 1.00 e. The predicted octanol–water partition coefficient (Wildman–Crippen LogP) is -3.01. The largest absolute Gasteiger partial charge is 1.00 e. The first-order valence-corrected chi connectivity index (χ1v) is 4.24. The van der Waals surface area contributed by atoms with Crippen molar-refractivity contribution >= 4 is 23.9 Å². The molecule has 0 saturated carbocycles. The van der Waals surface area contributed by atoms with Crippen molar-refractivity contribution in [2.45, 2.75) is 0 Å². The van der Waals surface area contributed by atoms with Gasteiger partial charge in [-0.25, -0.2) is 24.2 Å². The summed E-state index contributed by atoms with van der Waals surface area (Å²) in [6.07, 6.45) is 0. The van der Waals surface area contributed by atoms with E-state index in [4.69, 9.17) is 20.4 Å². The Balaban J connectivity index is 0. The molecule has 0 radical (unpaired) electrons. The Morgan fingerprint density at radius 1 is 0.789 bits per heavy atom. The maximum absolute atomic E-state index is 10.7. The Labute approximate surface area is 128 Å². The molecule has 19 heavy (non-hydrogen) atoms. The maximum atomic E-state index is 10.7. The second kappa shape index (κ2) is 6.27. The normalized spacial score (nSPS) is 9.26. The van der Waals surface area contributed by atoms with Gasteiger partial charge in [0.15, 0.2) is 11.4 Å². The van der Waals surface area contributed by atoms with Gasteiger partial charge in [0.05, 0.1) is 11.1 Å². The van der Waals surface area contributed by atoms with Crippen molar-refractivity contribution in [1.82, 2.24) is 4.98 Å². The van der Waals surface area contributed by atoms with Crippen molar-refractivity contribution in [2.24, 2.45) is 0 Å². The summed E-state index contributed by atoms with van der Waals surface area (Å²) in [4.78, 5) is 46.0. The molecule has 0 bridgehead atoms. The van der Waals surface area contributed by atoms with E-state index in [1.165, 1.54) is 0 Å². The molecule has 0 fully saturated rings. The van der Waals surface area contributed by atoms with Crippen LogP contribution in [0.4, 0.5) is 0 Å². The van der Waals surface area contributed by atoms with E-state index in [0.717, 1.165) is 0 Å². The first-order valence-electron chi connectivity index (χ1n) is 4.24. The van der Waals surface area contributed by atoms with Crippen LogP contribution < -0.4 is 29.6 Å². The van der Waals surface area contributed by atoms with Crippen LogP contribution in [-0.4, -0.2) is 49.3 Å². The van der Waals surface area contributed by atoms with Crippen molar-refractivity contribution in [3.8, 4) is 0 Å². The molecule has 0 aromatic carbocycles. The minimum atomic E-state index is -1.77. The summed E-state index contributed by atoms with van der Waals surface area (Å²) in [5, 5.41) is 34.8. The van der Waals surface area contributed by atoms with Crippen LogP contribution in [0.2, 0.25) is 0 Å². The summed E-state index contributed by atoms with van der Waals surface area (Å²) < 4.78 is 0. The molecule has 0 amide bonds. The minimum Gasteiger partial charge on any atom is -1.00 e. The quantitative estimate of drug-likeness (QED) is 0.420. The molecule has 0 unspecified atom stereocenters. The van der Waals surface area contributed by atoms with E-state index < -0.39 is 46.4 Å². The summed E-state index contributed by atoms with van der Waals surface area (Å²) in [6, 6.07) is 0.449. The van der Waals surface area contributed by atoms with Gasteiger partial charge >= 0.3 is 53.4 Å². The SMILES string of the molecule is O=C(O)c1cc(C(=O)O)c(C(=O)O)nc1C(=O)O.[H-].[Na+]. The molecule has 1 aromatic heterocycles. The predicted molar refractivity (Wildman–Crippen MR) is 53.2 cm³/mol. The van der Waals surface area contributed by atoms with Gasteiger partial charge in [-0.05, 0) is 6.07 Å². The Morgan fingerprint density at radius 3 is 1.32 bits per heavy atom. The number of pyridine rings is 1. The van der Waals surface area contributed by atoms with Crippen LogP contribution in [0, 0.1) is 0 Å². The Hall–Kier alpha value is -1.97. The topological polar surface area (TPSA) is 162 Å². The third kappa shape index (κ3) is 3.50. The van der Waals surface area contributed by atoms with Crippen molar-refractivity contribution < 1.29 is 70.6 Å². The molecular weight excluding hydrogens is 273 g/mol. The van der Waals surface area contributed by atoms with E-state index in [2.05, 4.69) is 4.98 Å². The van der Waals surface area contributed by atoms with Gasteiger partial charge in [-0.3, -0.25) is 0 Å². The molecule has 96 valence electrons. The third-order valence-electron chi connectivity index (χ3n) is 1.89. The van der Waals surface area contributed by atoms with Crippen LogP contribution in [0.15, 0.2) is 6.07 Å². The van der Waals surface area contributed by atoms with E-state index in [9.17, 15) is 19.2 Å². The van der Waals surface area contributed by atoms with Crippen LogP contribution in [0.5, 0.6) is 0 Å². The number of nitrogens with zero attached hydrogens (tertiary/aromatic N) is 1. The number of aromatic nitrogens is 1. The van der Waals surface area contributed by atoms with Gasteiger partial charge in [-0.15, -0.1) is 0 Å². The number of rotatable bonds is 4. The van der Waals surface area contributed by atoms with Gasteiger partial charge in [-0.1, -0.05) is 0 Å². The standard InChI is InChI=1S/C9H5NO8.Na.H/c11-6(12)2-1-3(7(13)14)5(9(17)18)10-4(2)8(15)16;;/h1H,(H,11,12)(H,13,14)(H,15,16)(H,17,18);;/q;+1;-1. The molecule has 1 rings (SSSR count). The minimum absolute atomic E-state index is 0. The molecule has 0 aliphatic rings. The molecule has 0 atom stereocenters. The van der Waals surface area contributed by atoms with Crippen LogP contribution in [0.1, 0.15) is 43.1 Å². The Kier molecular flexibility index (Phi) is 5.62. The number of carboxylic acids is 4. The number of aromatic carboxylic acids is 4. The first kappa shape index (κ1) is 17.0. The second-order valence-electron chi connectivity index (χ2n) is 3.00. The second-order valence-corrected chi connectivity index (χ2v) is 3.00. The summed E-state index contributed by atoms with van der Waals surface area (Å²) in [5.41, 5.74) is -3.87. The molecule has 1 heterocycles. The van der Waals surface area contributed by atoms with Crippen LogP contribution >= 0.6 is 0 Å². The molecule has 0 spiro atoms. The van der Waals surface area contributed by atoms with Crippen molar-refractivity contribution in [3.63, 3.8) is 0 Å². The van der Waals surface area contributed by atoms with Gasteiger partial charge in [0.25, 0.3) is 0 Å². The maximum Gasteiger partial charge on any atom is 1.00 e. The summed E-state index contributed by atoms with van der Waals surface area (Å²) in [6.45, 7) is 0.